The van der Waals surface area contributed by atoms with Crippen LogP contribution in [0.1, 0.15) is 271 Å². The van der Waals surface area contributed by atoms with Gasteiger partial charge in [-0.15, -0.1) is 0 Å². The van der Waals surface area contributed by atoms with E-state index >= 15 is 0 Å². The van der Waals surface area contributed by atoms with E-state index in [4.69, 9.17) is 14.2 Å². The number of esters is 3. The number of unbranched alkanes of at least 4 members (excludes halogenated alkanes) is 32. The topological polar surface area (TPSA) is 78.9 Å². The molecule has 0 amide bonds. The minimum atomic E-state index is -0.765. The average Bonchev–Trinajstić information content (AvgIpc) is 3.19. The summed E-state index contributed by atoms with van der Waals surface area (Å²) in [4.78, 5) is 37.8. The van der Waals surface area contributed by atoms with Gasteiger partial charge in [-0.05, 0) is 44.9 Å². The van der Waals surface area contributed by atoms with Crippen molar-refractivity contribution in [3.8, 4) is 0 Å². The maximum absolute atomic E-state index is 12.7. The zero-order valence-corrected chi connectivity index (χ0v) is 37.7. The first-order valence-corrected chi connectivity index (χ1v) is 24.7. The Morgan fingerprint density at radius 1 is 0.339 bits per heavy atom. The molecule has 0 fully saturated rings. The summed E-state index contributed by atoms with van der Waals surface area (Å²) in [5.41, 5.74) is 0. The van der Waals surface area contributed by atoms with E-state index in [0.29, 0.717) is 19.3 Å². The van der Waals surface area contributed by atoms with Gasteiger partial charge in [-0.3, -0.25) is 14.4 Å². The maximum Gasteiger partial charge on any atom is 0.306 e. The first kappa shape index (κ1) is 54.2. The monoisotopic (exact) mass is 791 g/mol. The summed E-state index contributed by atoms with van der Waals surface area (Å²) in [6.45, 7) is 6.64. The highest BCUT2D eigenvalue weighted by atomic mass is 16.6. The van der Waals surface area contributed by atoms with Crippen molar-refractivity contribution in [1.82, 2.24) is 0 Å². The molecular formula is C50H94O6. The van der Waals surface area contributed by atoms with Gasteiger partial charge >= 0.3 is 17.9 Å². The molecule has 6 nitrogen and oxygen atoms in total. The lowest BCUT2D eigenvalue weighted by Crippen LogP contribution is -2.30. The Morgan fingerprint density at radius 3 is 0.893 bits per heavy atom. The first-order valence-electron chi connectivity index (χ1n) is 24.7. The van der Waals surface area contributed by atoms with Crippen LogP contribution in [0, 0.1) is 0 Å². The van der Waals surface area contributed by atoms with E-state index in [-0.39, 0.29) is 31.1 Å². The van der Waals surface area contributed by atoms with Crippen LogP contribution in [-0.4, -0.2) is 37.2 Å². The average molecular weight is 791 g/mol. The Hall–Kier alpha value is -1.85. The highest BCUT2D eigenvalue weighted by Gasteiger charge is 2.19. The molecule has 1 atom stereocenters. The van der Waals surface area contributed by atoms with E-state index in [0.717, 1.165) is 64.2 Å². The smallest absolute Gasteiger partial charge is 0.306 e. The molecule has 0 saturated carbocycles. The molecule has 0 spiro atoms. The molecule has 0 aliphatic heterocycles. The Morgan fingerprint density at radius 2 is 0.589 bits per heavy atom. The molecule has 0 aromatic heterocycles. The lowest BCUT2D eigenvalue weighted by Gasteiger charge is -2.18. The predicted octanol–water partition coefficient (Wildman–Crippen LogP) is 15.8. The van der Waals surface area contributed by atoms with Crippen molar-refractivity contribution in [1.29, 1.82) is 0 Å². The van der Waals surface area contributed by atoms with Gasteiger partial charge in [-0.1, -0.05) is 219 Å². The van der Waals surface area contributed by atoms with Crippen LogP contribution >= 0.6 is 0 Å². The van der Waals surface area contributed by atoms with Crippen LogP contribution < -0.4 is 0 Å². The largest absolute Gasteiger partial charge is 0.462 e. The quantitative estimate of drug-likeness (QED) is 0.0264. The van der Waals surface area contributed by atoms with E-state index < -0.39 is 6.10 Å². The number of allylic oxidation sites excluding steroid dienone is 2. The fourth-order valence-electron chi connectivity index (χ4n) is 7.26. The summed E-state index contributed by atoms with van der Waals surface area (Å²) < 4.78 is 16.8. The van der Waals surface area contributed by atoms with Gasteiger partial charge in [0.25, 0.3) is 0 Å². The maximum atomic E-state index is 12.7. The van der Waals surface area contributed by atoms with Gasteiger partial charge in [0.05, 0.1) is 0 Å². The predicted molar refractivity (Wildman–Crippen MR) is 238 cm³/mol. The second-order valence-corrected chi connectivity index (χ2v) is 16.7. The van der Waals surface area contributed by atoms with Gasteiger partial charge in [-0.25, -0.2) is 0 Å². The molecular weight excluding hydrogens is 697 g/mol. The van der Waals surface area contributed by atoms with Gasteiger partial charge < -0.3 is 14.2 Å². The van der Waals surface area contributed by atoms with Gasteiger partial charge in [0.1, 0.15) is 13.2 Å². The van der Waals surface area contributed by atoms with Crippen LogP contribution in [0.4, 0.5) is 0 Å². The number of carbonyl (C=O) groups excluding carboxylic acids is 3. The summed E-state index contributed by atoms with van der Waals surface area (Å²) in [5.74, 6) is -0.864. The number of carbonyl (C=O) groups is 3. The summed E-state index contributed by atoms with van der Waals surface area (Å²) in [6, 6.07) is 0. The van der Waals surface area contributed by atoms with Crippen molar-refractivity contribution in [3.63, 3.8) is 0 Å². The number of hydrogen-bond donors (Lipinski definition) is 0. The molecule has 0 aliphatic carbocycles. The number of rotatable bonds is 45. The minimum Gasteiger partial charge on any atom is -0.462 e. The molecule has 0 radical (unpaired) electrons. The SMILES string of the molecule is CCCCCCC/C=C\CCCCCCCC(=O)OC[C@H](COC(=O)CCCCCCCCCCCCCCC)OC(=O)CCCCCCCCCCCCC. The van der Waals surface area contributed by atoms with Crippen LogP contribution in [0.5, 0.6) is 0 Å². The standard InChI is InChI=1S/C50H94O6/c1-4-7-10-13-16-19-22-24-26-29-31-34-37-40-43-49(52)55-46-47(56-50(53)44-41-38-35-32-27-21-18-15-12-9-6-3)45-54-48(51)42-39-36-33-30-28-25-23-20-17-14-11-8-5-2/h22,24,47H,4-21,23,25-46H2,1-3H3/b24-22-/t47-/m0/s1. The second kappa shape index (κ2) is 45.8. The highest BCUT2D eigenvalue weighted by Crippen LogP contribution is 2.16. The van der Waals surface area contributed by atoms with Crippen molar-refractivity contribution in [3.05, 3.63) is 12.2 Å². The molecule has 0 rings (SSSR count). The van der Waals surface area contributed by atoms with Crippen molar-refractivity contribution in [2.24, 2.45) is 0 Å². The molecule has 330 valence electrons. The molecule has 6 heteroatoms. The molecule has 0 aromatic carbocycles. The third-order valence-corrected chi connectivity index (χ3v) is 11.0. The van der Waals surface area contributed by atoms with E-state index in [1.807, 2.05) is 0 Å². The van der Waals surface area contributed by atoms with E-state index in [1.165, 1.54) is 167 Å². The van der Waals surface area contributed by atoms with Crippen molar-refractivity contribution < 1.29 is 28.6 Å². The van der Waals surface area contributed by atoms with Gasteiger partial charge in [0, 0.05) is 19.3 Å². The zero-order valence-electron chi connectivity index (χ0n) is 37.7. The second-order valence-electron chi connectivity index (χ2n) is 16.7. The van der Waals surface area contributed by atoms with Crippen LogP contribution in [0.15, 0.2) is 12.2 Å². The van der Waals surface area contributed by atoms with Crippen LogP contribution in [0.2, 0.25) is 0 Å². The van der Waals surface area contributed by atoms with Gasteiger partial charge in [-0.2, -0.15) is 0 Å². The first-order chi connectivity index (χ1) is 27.5. The summed E-state index contributed by atoms with van der Waals surface area (Å²) in [6.07, 6.45) is 49.0. The lowest BCUT2D eigenvalue weighted by molar-refractivity contribution is -0.167. The number of ether oxygens (including phenoxy) is 3. The third kappa shape index (κ3) is 43.3. The van der Waals surface area contributed by atoms with Crippen LogP contribution in [0.25, 0.3) is 0 Å². The zero-order chi connectivity index (χ0) is 40.8. The third-order valence-electron chi connectivity index (χ3n) is 11.0. The minimum absolute atomic E-state index is 0.0676. The fourth-order valence-corrected chi connectivity index (χ4v) is 7.26. The Kier molecular flexibility index (Phi) is 44.3. The van der Waals surface area contributed by atoms with Crippen LogP contribution in [-0.2, 0) is 28.6 Å². The van der Waals surface area contributed by atoms with E-state index in [2.05, 4.69) is 32.9 Å². The molecule has 0 saturated heterocycles. The molecule has 0 aliphatic rings. The number of hydrogen-bond acceptors (Lipinski definition) is 6. The summed E-state index contributed by atoms with van der Waals surface area (Å²) in [5, 5.41) is 0. The molecule has 0 aromatic rings. The van der Waals surface area contributed by atoms with Crippen LogP contribution in [0.3, 0.4) is 0 Å². The highest BCUT2D eigenvalue weighted by molar-refractivity contribution is 5.71. The Balaban J connectivity index is 4.33. The van der Waals surface area contributed by atoms with Gasteiger partial charge in [0.2, 0.25) is 0 Å². The van der Waals surface area contributed by atoms with Crippen molar-refractivity contribution in [2.45, 2.75) is 277 Å². The van der Waals surface area contributed by atoms with Gasteiger partial charge in [0.15, 0.2) is 6.10 Å². The van der Waals surface area contributed by atoms with E-state index in [9.17, 15) is 14.4 Å². The molecule has 56 heavy (non-hydrogen) atoms. The summed E-state index contributed by atoms with van der Waals surface area (Å²) in [7, 11) is 0. The summed E-state index contributed by atoms with van der Waals surface area (Å²) >= 11 is 0. The molecule has 0 unspecified atom stereocenters. The lowest BCUT2D eigenvalue weighted by atomic mass is 10.0. The molecule has 0 bridgehead atoms. The molecule has 0 N–H and O–H groups in total. The fraction of sp³-hybridized carbons (Fsp3) is 0.900. The Labute approximate surface area is 348 Å². The van der Waals surface area contributed by atoms with E-state index in [1.54, 1.807) is 0 Å². The van der Waals surface area contributed by atoms with Crippen molar-refractivity contribution >= 4 is 17.9 Å². The normalized spacial score (nSPS) is 12.0. The Bertz CT molecular complexity index is 870. The van der Waals surface area contributed by atoms with Crippen molar-refractivity contribution in [2.75, 3.05) is 13.2 Å². The molecule has 0 heterocycles.